The molecule has 24 heteroatoms. The van der Waals surface area contributed by atoms with E-state index in [9.17, 15) is 70.2 Å². The molecule has 0 aliphatic carbocycles. The van der Waals surface area contributed by atoms with E-state index in [4.69, 9.17) is 33.3 Å². The highest BCUT2D eigenvalue weighted by Crippen LogP contribution is 2.33. The third-order valence-corrected chi connectivity index (χ3v) is 9.03. The number of ether oxygens (including phenoxy) is 6. The first-order chi connectivity index (χ1) is 25.5. The molecule has 4 aliphatic heterocycles. The van der Waals surface area contributed by atoms with Crippen molar-refractivity contribution >= 4 is 23.8 Å². The Morgan fingerprint density at radius 3 is 1.83 bits per heavy atom. The summed E-state index contributed by atoms with van der Waals surface area (Å²) < 4.78 is 32.8. The second-order valence-corrected chi connectivity index (χ2v) is 13.0. The molecule has 4 heterocycles. The zero-order valence-electron chi connectivity index (χ0n) is 29.2. The molecule has 10 N–H and O–H groups in total. The van der Waals surface area contributed by atoms with Gasteiger partial charge in [-0.15, -0.1) is 5.06 Å². The molecule has 0 aromatic carbocycles. The maximum Gasteiger partial charge on any atom is 0.333 e. The lowest BCUT2D eigenvalue weighted by molar-refractivity contribution is -0.383. The second kappa shape index (κ2) is 19.5. The topological polar surface area (TPSA) is 351 Å². The lowest BCUT2D eigenvalue weighted by Crippen LogP contribution is -2.67. The van der Waals surface area contributed by atoms with Gasteiger partial charge in [0.15, 0.2) is 18.8 Å². The minimum atomic E-state index is -1.99. The van der Waals surface area contributed by atoms with Gasteiger partial charge in [0.05, 0.1) is 32.7 Å². The highest BCUT2D eigenvalue weighted by molar-refractivity contribution is 6.01. The average molecular weight is 789 g/mol. The van der Waals surface area contributed by atoms with Crippen LogP contribution >= 0.6 is 0 Å². The van der Waals surface area contributed by atoms with Crippen LogP contribution in [0.2, 0.25) is 0 Å². The number of imide groups is 1. The van der Waals surface area contributed by atoms with Crippen molar-refractivity contribution in [3.05, 3.63) is 0 Å². The van der Waals surface area contributed by atoms with Gasteiger partial charge in [-0.2, -0.15) is 5.06 Å². The van der Waals surface area contributed by atoms with Crippen molar-refractivity contribution in [1.82, 2.24) is 10.1 Å². The van der Waals surface area contributed by atoms with E-state index in [2.05, 4.69) is 4.84 Å². The van der Waals surface area contributed by atoms with Gasteiger partial charge in [-0.25, -0.2) is 4.79 Å². The number of aliphatic hydroxyl groups excluding tert-OH is 10. The van der Waals surface area contributed by atoms with Crippen LogP contribution in [0.1, 0.15) is 32.6 Å². The number of esters is 1. The quantitative estimate of drug-likeness (QED) is 0.0394. The summed E-state index contributed by atoms with van der Waals surface area (Å²) in [5, 5.41) is 105. The number of hydroxylamine groups is 4. The molecular formula is C30H48N2O22. The first kappa shape index (κ1) is 44.1. The molecule has 4 saturated heterocycles. The SMILES string of the molecule is CC(CON(C)[C@@H]1O[C@H](CO)[C@@H](O[C@@H]2O[C@H](CO)[C@H](O)[C@H](O[C@H]3O[C@H](CO)[C@H](O)[C@H](O)[C@H]3O)[C@H]2O)[C@H](O)[C@H]1O)OC(=O)CCC(=O)ON1C(=O)CCC1=O. The Hall–Kier alpha value is -2.60. The molecule has 4 aliphatic rings. The van der Waals surface area contributed by atoms with Crippen molar-refractivity contribution in [3.63, 3.8) is 0 Å². The Kier molecular flexibility index (Phi) is 15.9. The Bertz CT molecular complexity index is 1260. The summed E-state index contributed by atoms with van der Waals surface area (Å²) in [7, 11) is 1.28. The molecule has 0 spiro atoms. The van der Waals surface area contributed by atoms with Crippen LogP contribution in [-0.4, -0.2) is 217 Å². The van der Waals surface area contributed by atoms with Gasteiger partial charge in [-0.3, -0.25) is 19.2 Å². The van der Waals surface area contributed by atoms with Gasteiger partial charge in [-0.1, -0.05) is 0 Å². The van der Waals surface area contributed by atoms with Crippen molar-refractivity contribution in [2.24, 2.45) is 0 Å². The number of carbonyl (C=O) groups is 4. The van der Waals surface area contributed by atoms with Gasteiger partial charge in [0.2, 0.25) is 0 Å². The van der Waals surface area contributed by atoms with Gasteiger partial charge in [0, 0.05) is 19.9 Å². The minimum Gasteiger partial charge on any atom is -0.460 e. The summed E-state index contributed by atoms with van der Waals surface area (Å²) in [6.07, 6.45) is -28.1. The number of amides is 2. The summed E-state index contributed by atoms with van der Waals surface area (Å²) in [6, 6.07) is 0. The summed E-state index contributed by atoms with van der Waals surface area (Å²) in [6.45, 7) is -1.42. The molecule has 4 rings (SSSR count). The molecule has 0 bridgehead atoms. The highest BCUT2D eigenvalue weighted by Gasteiger charge is 2.54. The maximum absolute atomic E-state index is 12.2. The Morgan fingerprint density at radius 2 is 1.24 bits per heavy atom. The third-order valence-electron chi connectivity index (χ3n) is 9.03. The van der Waals surface area contributed by atoms with Crippen LogP contribution in [0.15, 0.2) is 0 Å². The lowest BCUT2D eigenvalue weighted by atomic mass is 9.95. The fourth-order valence-corrected chi connectivity index (χ4v) is 5.97. The van der Waals surface area contributed by atoms with Crippen LogP contribution in [0.25, 0.3) is 0 Å². The summed E-state index contributed by atoms with van der Waals surface area (Å²) in [4.78, 5) is 57.5. The van der Waals surface area contributed by atoms with Gasteiger partial charge in [0.1, 0.15) is 86.0 Å². The molecule has 0 aromatic rings. The molecular weight excluding hydrogens is 740 g/mol. The summed E-state index contributed by atoms with van der Waals surface area (Å²) >= 11 is 0. The van der Waals surface area contributed by atoms with E-state index < -0.39 is 155 Å². The fourth-order valence-electron chi connectivity index (χ4n) is 5.97. The van der Waals surface area contributed by atoms with Crippen LogP contribution in [0.5, 0.6) is 0 Å². The predicted molar refractivity (Wildman–Crippen MR) is 165 cm³/mol. The molecule has 0 saturated carbocycles. The van der Waals surface area contributed by atoms with E-state index >= 15 is 0 Å². The van der Waals surface area contributed by atoms with Gasteiger partial charge < -0.3 is 84.3 Å². The van der Waals surface area contributed by atoms with E-state index in [1.165, 1.54) is 14.0 Å². The van der Waals surface area contributed by atoms with E-state index in [0.717, 1.165) is 5.06 Å². The number of hydrogen-bond acceptors (Lipinski definition) is 23. The van der Waals surface area contributed by atoms with Crippen LogP contribution in [0.4, 0.5) is 0 Å². The van der Waals surface area contributed by atoms with Crippen molar-refractivity contribution < 1.29 is 108 Å². The van der Waals surface area contributed by atoms with Crippen LogP contribution < -0.4 is 0 Å². The zero-order valence-corrected chi connectivity index (χ0v) is 29.2. The zero-order chi connectivity index (χ0) is 40.0. The number of aliphatic hydroxyl groups is 10. The predicted octanol–water partition coefficient (Wildman–Crippen LogP) is -7.38. The van der Waals surface area contributed by atoms with E-state index in [-0.39, 0.29) is 19.4 Å². The van der Waals surface area contributed by atoms with E-state index in [1.807, 2.05) is 0 Å². The largest absolute Gasteiger partial charge is 0.460 e. The monoisotopic (exact) mass is 788 g/mol. The summed E-state index contributed by atoms with van der Waals surface area (Å²) in [5.41, 5.74) is 0. The lowest BCUT2D eigenvalue weighted by Gasteiger charge is -2.48. The van der Waals surface area contributed by atoms with E-state index in [0.29, 0.717) is 5.06 Å². The third kappa shape index (κ3) is 10.2. The van der Waals surface area contributed by atoms with Gasteiger partial charge in [-0.05, 0) is 6.92 Å². The Balaban J connectivity index is 1.30. The van der Waals surface area contributed by atoms with Gasteiger partial charge >= 0.3 is 11.9 Å². The van der Waals surface area contributed by atoms with E-state index in [1.54, 1.807) is 0 Å². The first-order valence-corrected chi connectivity index (χ1v) is 17.0. The molecule has 54 heavy (non-hydrogen) atoms. The Labute approximate surface area is 306 Å². The standard InChI is InChI=1S/C30H48N2O22/c1-11(48-17(38)5-6-18(39)54-32-15(36)3-4-16(32)37)10-47-31(2)28-23(44)22(43)26(14(9-35)49-28)52-30-25(46)27(20(41)13(8-34)51-30)53-29-24(45)21(42)19(40)12(7-33)50-29/h11-14,19-30,33-35,40-46H,3-10H2,1-2H3/t11?,12-,13-,14-,19+,20+,21+,22-,23-,24-,25-,26-,27+,28-,29-,30+/m1/s1. The number of hydrogen-bond donors (Lipinski definition) is 10. The van der Waals surface area contributed by atoms with Crippen LogP contribution in [0, 0.1) is 0 Å². The molecule has 1 unspecified atom stereocenters. The summed E-state index contributed by atoms with van der Waals surface area (Å²) in [5.74, 6) is -3.20. The number of rotatable bonds is 16. The maximum atomic E-state index is 12.2. The number of likely N-dealkylation sites (N-methyl/N-ethyl adjacent to an activating group) is 1. The van der Waals surface area contributed by atoms with Crippen molar-refractivity contribution in [3.8, 4) is 0 Å². The molecule has 310 valence electrons. The highest BCUT2D eigenvalue weighted by atomic mass is 16.8. The molecule has 4 fully saturated rings. The van der Waals surface area contributed by atoms with Crippen LogP contribution in [0.3, 0.4) is 0 Å². The first-order valence-electron chi connectivity index (χ1n) is 17.0. The number of carbonyl (C=O) groups excluding carboxylic acids is 4. The van der Waals surface area contributed by atoms with Crippen molar-refractivity contribution in [1.29, 1.82) is 0 Å². The van der Waals surface area contributed by atoms with Crippen LogP contribution in [-0.2, 0) is 57.3 Å². The molecule has 0 aromatic heterocycles. The molecule has 16 atom stereocenters. The molecule has 0 radical (unpaired) electrons. The molecule has 24 nitrogen and oxygen atoms in total. The number of nitrogens with zero attached hydrogens (tertiary/aromatic N) is 2. The van der Waals surface area contributed by atoms with Gasteiger partial charge in [0.25, 0.3) is 11.8 Å². The smallest absolute Gasteiger partial charge is 0.333 e. The van der Waals surface area contributed by atoms with Crippen molar-refractivity contribution in [2.45, 2.75) is 131 Å². The minimum absolute atomic E-state index is 0.0934. The van der Waals surface area contributed by atoms with Crippen molar-refractivity contribution in [2.75, 3.05) is 33.5 Å². The average Bonchev–Trinajstić information content (AvgIpc) is 3.46. The second-order valence-electron chi connectivity index (χ2n) is 13.0. The normalized spacial score (nSPS) is 39.5. The molecule has 2 amide bonds. The Morgan fingerprint density at radius 1 is 0.704 bits per heavy atom. The fraction of sp³-hybridized carbons (Fsp3) is 0.867.